The van der Waals surface area contributed by atoms with Crippen molar-refractivity contribution in [3.05, 3.63) is 29.8 Å². The number of carboxylic acid groups (broad SMARTS) is 1. The monoisotopic (exact) mass is 292 g/mol. The van der Waals surface area contributed by atoms with Gasteiger partial charge in [-0.25, -0.2) is 0 Å². The van der Waals surface area contributed by atoms with Gasteiger partial charge in [0.05, 0.1) is 13.0 Å². The molecule has 0 amide bonds. The maximum Gasteiger partial charge on any atom is 0.306 e. The Bertz CT molecular complexity index is 415. The average molecular weight is 292 g/mol. The molecule has 1 N–H and O–H groups in total. The third-order valence-corrected chi connectivity index (χ3v) is 3.91. The molecule has 21 heavy (non-hydrogen) atoms. The first-order chi connectivity index (χ1) is 10.2. The molecule has 0 aliphatic rings. The molecule has 0 saturated heterocycles. The summed E-state index contributed by atoms with van der Waals surface area (Å²) in [4.78, 5) is 11.4. The van der Waals surface area contributed by atoms with Crippen LogP contribution in [0, 0.1) is 5.92 Å². The molecule has 0 radical (unpaired) electrons. The minimum absolute atomic E-state index is 0.313. The summed E-state index contributed by atoms with van der Waals surface area (Å²) in [5.74, 6) is -0.228. The predicted octanol–water partition coefficient (Wildman–Crippen LogP) is 4.69. The van der Waals surface area contributed by atoms with E-state index in [1.807, 2.05) is 24.3 Å². The first-order valence-electron chi connectivity index (χ1n) is 8.03. The third-order valence-electron chi connectivity index (χ3n) is 3.91. The van der Waals surface area contributed by atoms with E-state index >= 15 is 0 Å². The summed E-state index contributed by atoms with van der Waals surface area (Å²) in [6.45, 7) is 2.20. The highest BCUT2D eigenvalue weighted by Crippen LogP contribution is 2.24. The van der Waals surface area contributed by atoms with Crippen molar-refractivity contribution >= 4 is 5.97 Å². The molecule has 1 unspecified atom stereocenters. The normalized spacial score (nSPS) is 12.1. The van der Waals surface area contributed by atoms with Gasteiger partial charge in [-0.05, 0) is 24.5 Å². The number of unbranched alkanes of at least 4 members (excludes halogenated alkanes) is 5. The zero-order valence-electron chi connectivity index (χ0n) is 13.3. The fourth-order valence-corrected chi connectivity index (χ4v) is 2.62. The smallest absolute Gasteiger partial charge is 0.306 e. The van der Waals surface area contributed by atoms with E-state index in [-0.39, 0.29) is 5.92 Å². The number of carbonyl (C=O) groups is 1. The van der Waals surface area contributed by atoms with Gasteiger partial charge >= 0.3 is 5.97 Å². The number of para-hydroxylation sites is 1. The molecule has 0 aliphatic heterocycles. The maximum absolute atomic E-state index is 11.4. The molecule has 0 saturated carbocycles. The second-order valence-corrected chi connectivity index (χ2v) is 5.61. The van der Waals surface area contributed by atoms with Crippen molar-refractivity contribution < 1.29 is 14.6 Å². The van der Waals surface area contributed by atoms with Crippen molar-refractivity contribution in [2.75, 3.05) is 7.11 Å². The SMILES string of the molecule is CCCCCCCCC(Cc1ccccc1OC)C(=O)O. The highest BCUT2D eigenvalue weighted by atomic mass is 16.5. The third kappa shape index (κ3) is 6.65. The van der Waals surface area contributed by atoms with Gasteiger partial charge in [-0.2, -0.15) is 0 Å². The van der Waals surface area contributed by atoms with Crippen LogP contribution in [-0.2, 0) is 11.2 Å². The van der Waals surface area contributed by atoms with Gasteiger partial charge in [0.1, 0.15) is 5.75 Å². The summed E-state index contributed by atoms with van der Waals surface area (Å²) in [6.07, 6.45) is 8.43. The van der Waals surface area contributed by atoms with Gasteiger partial charge in [0.15, 0.2) is 0 Å². The average Bonchev–Trinajstić information content (AvgIpc) is 2.49. The molecular formula is C18H28O3. The van der Waals surface area contributed by atoms with Crippen LogP contribution in [0.5, 0.6) is 5.75 Å². The molecule has 1 atom stereocenters. The van der Waals surface area contributed by atoms with Gasteiger partial charge in [-0.15, -0.1) is 0 Å². The van der Waals surface area contributed by atoms with Crippen LogP contribution in [0.1, 0.15) is 57.4 Å². The number of methoxy groups -OCH3 is 1. The molecule has 3 nitrogen and oxygen atoms in total. The van der Waals surface area contributed by atoms with E-state index in [1.54, 1.807) is 7.11 Å². The summed E-state index contributed by atoms with van der Waals surface area (Å²) in [5.41, 5.74) is 0.985. The zero-order valence-corrected chi connectivity index (χ0v) is 13.3. The van der Waals surface area contributed by atoms with Gasteiger partial charge in [-0.3, -0.25) is 4.79 Å². The first kappa shape index (κ1) is 17.5. The van der Waals surface area contributed by atoms with Crippen molar-refractivity contribution in [2.45, 2.75) is 58.3 Å². The van der Waals surface area contributed by atoms with E-state index in [0.29, 0.717) is 6.42 Å². The van der Waals surface area contributed by atoms with Gasteiger partial charge < -0.3 is 9.84 Å². The summed E-state index contributed by atoms with van der Waals surface area (Å²) in [6, 6.07) is 7.68. The Morgan fingerprint density at radius 3 is 2.48 bits per heavy atom. The lowest BCUT2D eigenvalue weighted by Gasteiger charge is -2.14. The van der Waals surface area contributed by atoms with Crippen LogP contribution in [0.15, 0.2) is 24.3 Å². The molecular weight excluding hydrogens is 264 g/mol. The van der Waals surface area contributed by atoms with Crippen LogP contribution in [0.3, 0.4) is 0 Å². The highest BCUT2D eigenvalue weighted by Gasteiger charge is 2.19. The van der Waals surface area contributed by atoms with Gasteiger partial charge in [-0.1, -0.05) is 63.6 Å². The molecule has 0 fully saturated rings. The van der Waals surface area contributed by atoms with Crippen LogP contribution < -0.4 is 4.74 Å². The lowest BCUT2D eigenvalue weighted by atomic mass is 9.93. The Hall–Kier alpha value is -1.51. The van der Waals surface area contributed by atoms with Crippen molar-refractivity contribution in [1.82, 2.24) is 0 Å². The highest BCUT2D eigenvalue weighted by molar-refractivity contribution is 5.70. The summed E-state index contributed by atoms with van der Waals surface area (Å²) in [7, 11) is 1.63. The van der Waals surface area contributed by atoms with Crippen LogP contribution in [-0.4, -0.2) is 18.2 Å². The van der Waals surface area contributed by atoms with Crippen molar-refractivity contribution in [3.63, 3.8) is 0 Å². The summed E-state index contributed by atoms with van der Waals surface area (Å²) < 4.78 is 5.30. The molecule has 0 heterocycles. The van der Waals surface area contributed by atoms with Crippen molar-refractivity contribution in [3.8, 4) is 5.75 Å². The van der Waals surface area contributed by atoms with Crippen LogP contribution in [0.25, 0.3) is 0 Å². The minimum Gasteiger partial charge on any atom is -0.496 e. The fourth-order valence-electron chi connectivity index (χ4n) is 2.62. The van der Waals surface area contributed by atoms with Crippen LogP contribution in [0.4, 0.5) is 0 Å². The maximum atomic E-state index is 11.4. The number of benzene rings is 1. The first-order valence-corrected chi connectivity index (χ1v) is 8.03. The largest absolute Gasteiger partial charge is 0.496 e. The summed E-state index contributed by atoms with van der Waals surface area (Å²) in [5, 5.41) is 9.40. The Morgan fingerprint density at radius 2 is 1.81 bits per heavy atom. The Labute approximate surface area is 128 Å². The molecule has 118 valence electrons. The number of hydrogen-bond acceptors (Lipinski definition) is 2. The van der Waals surface area contributed by atoms with E-state index in [2.05, 4.69) is 6.92 Å². The molecule has 0 spiro atoms. The molecule has 1 rings (SSSR count). The molecule has 3 heteroatoms. The van der Waals surface area contributed by atoms with Crippen molar-refractivity contribution in [1.29, 1.82) is 0 Å². The lowest BCUT2D eigenvalue weighted by Crippen LogP contribution is -2.17. The van der Waals surface area contributed by atoms with E-state index in [0.717, 1.165) is 30.6 Å². The van der Waals surface area contributed by atoms with Crippen LogP contribution >= 0.6 is 0 Å². The van der Waals surface area contributed by atoms with Crippen molar-refractivity contribution in [2.24, 2.45) is 5.92 Å². The number of aliphatic carboxylic acids is 1. The molecule has 1 aromatic rings. The van der Waals surface area contributed by atoms with E-state index in [4.69, 9.17) is 4.74 Å². The Balaban J connectivity index is 2.45. The standard InChI is InChI=1S/C18H28O3/c1-3-4-5-6-7-8-12-16(18(19)20)14-15-11-9-10-13-17(15)21-2/h9-11,13,16H,3-8,12,14H2,1-2H3,(H,19,20). The number of hydrogen-bond donors (Lipinski definition) is 1. The second-order valence-electron chi connectivity index (χ2n) is 5.61. The van der Waals surface area contributed by atoms with E-state index in [9.17, 15) is 9.90 Å². The number of ether oxygens (including phenoxy) is 1. The van der Waals surface area contributed by atoms with Gasteiger partial charge in [0.2, 0.25) is 0 Å². The minimum atomic E-state index is -0.700. The quantitative estimate of drug-likeness (QED) is 0.602. The molecule has 0 aliphatic carbocycles. The van der Waals surface area contributed by atoms with Crippen LogP contribution in [0.2, 0.25) is 0 Å². The summed E-state index contributed by atoms with van der Waals surface area (Å²) >= 11 is 0. The Morgan fingerprint density at radius 1 is 1.14 bits per heavy atom. The Kier molecular flexibility index (Phi) is 8.56. The molecule has 1 aromatic carbocycles. The van der Waals surface area contributed by atoms with E-state index in [1.165, 1.54) is 25.7 Å². The molecule has 0 bridgehead atoms. The van der Waals surface area contributed by atoms with Gasteiger partial charge in [0.25, 0.3) is 0 Å². The fraction of sp³-hybridized carbons (Fsp3) is 0.611. The number of carboxylic acids is 1. The molecule has 0 aromatic heterocycles. The lowest BCUT2D eigenvalue weighted by molar-refractivity contribution is -0.142. The van der Waals surface area contributed by atoms with E-state index < -0.39 is 5.97 Å². The topological polar surface area (TPSA) is 46.5 Å². The van der Waals surface area contributed by atoms with Gasteiger partial charge in [0, 0.05) is 0 Å². The second kappa shape index (κ2) is 10.3. The predicted molar refractivity (Wildman–Crippen MR) is 85.8 cm³/mol. The number of rotatable bonds is 11. The zero-order chi connectivity index (χ0) is 15.5.